The van der Waals surface area contributed by atoms with Crippen molar-refractivity contribution in [2.45, 2.75) is 31.3 Å². The van der Waals surface area contributed by atoms with Crippen LogP contribution in [0.1, 0.15) is 25.7 Å². The molecule has 7 nitrogen and oxygen atoms in total. The standard InChI is InChI=1S/C18H27N5O2/c24-16-3-1-8-22(16)12-11-21-9-4-18(25)5-10-23(14-15(18)13-21)17-19-6-2-7-20-17/h2,6-7,15,25H,1,3-5,8-14H2/t15-,18-/m1/s1. The van der Waals surface area contributed by atoms with Crippen LogP contribution in [0.4, 0.5) is 5.95 Å². The molecule has 0 saturated carbocycles. The van der Waals surface area contributed by atoms with Crippen LogP contribution in [0.3, 0.4) is 0 Å². The normalized spacial score (nSPS) is 30.6. The molecule has 7 heteroatoms. The summed E-state index contributed by atoms with van der Waals surface area (Å²) in [6.07, 6.45) is 6.82. The third-order valence-electron chi connectivity index (χ3n) is 6.05. The van der Waals surface area contributed by atoms with Crippen molar-refractivity contribution in [1.29, 1.82) is 0 Å². The van der Waals surface area contributed by atoms with Gasteiger partial charge in [-0.25, -0.2) is 9.97 Å². The van der Waals surface area contributed by atoms with Crippen LogP contribution in [0.2, 0.25) is 0 Å². The molecule has 3 fully saturated rings. The molecule has 136 valence electrons. The first-order valence-electron chi connectivity index (χ1n) is 9.38. The lowest BCUT2D eigenvalue weighted by Crippen LogP contribution is -2.60. The SMILES string of the molecule is O=C1CCCN1CCN1CC[C@@]2(O)CCN(c3ncccn3)C[C@H]2C1. The van der Waals surface area contributed by atoms with Gasteiger partial charge in [-0.3, -0.25) is 4.79 Å². The molecule has 0 bridgehead atoms. The van der Waals surface area contributed by atoms with Gasteiger partial charge in [0.05, 0.1) is 5.60 Å². The van der Waals surface area contributed by atoms with Gasteiger partial charge >= 0.3 is 0 Å². The molecule has 0 unspecified atom stereocenters. The quantitative estimate of drug-likeness (QED) is 0.850. The first-order valence-corrected chi connectivity index (χ1v) is 9.38. The summed E-state index contributed by atoms with van der Waals surface area (Å²) in [6.45, 7) is 6.01. The Morgan fingerprint density at radius 2 is 1.92 bits per heavy atom. The zero-order chi connectivity index (χ0) is 17.3. The second-order valence-electron chi connectivity index (χ2n) is 7.58. The molecule has 2 atom stereocenters. The number of nitrogens with zero attached hydrogens (tertiary/aromatic N) is 5. The Labute approximate surface area is 148 Å². The highest BCUT2D eigenvalue weighted by Gasteiger charge is 2.45. The van der Waals surface area contributed by atoms with E-state index in [0.29, 0.717) is 12.3 Å². The van der Waals surface area contributed by atoms with Gasteiger partial charge in [0, 0.05) is 70.5 Å². The van der Waals surface area contributed by atoms with E-state index in [2.05, 4.69) is 19.8 Å². The smallest absolute Gasteiger partial charge is 0.225 e. The van der Waals surface area contributed by atoms with E-state index >= 15 is 0 Å². The molecule has 1 aromatic heterocycles. The Bertz CT molecular complexity index is 613. The number of aliphatic hydroxyl groups is 1. The number of carbonyl (C=O) groups is 1. The molecule has 0 aliphatic carbocycles. The second kappa shape index (κ2) is 6.88. The van der Waals surface area contributed by atoms with Crippen LogP contribution in [-0.4, -0.2) is 82.2 Å². The number of hydrogen-bond acceptors (Lipinski definition) is 6. The number of piperidine rings is 2. The molecule has 1 amide bonds. The number of aromatic nitrogens is 2. The molecular weight excluding hydrogens is 318 g/mol. The molecule has 3 saturated heterocycles. The van der Waals surface area contributed by atoms with Gasteiger partial charge in [-0.15, -0.1) is 0 Å². The first-order chi connectivity index (χ1) is 12.1. The van der Waals surface area contributed by atoms with E-state index in [1.165, 1.54) is 0 Å². The molecule has 0 radical (unpaired) electrons. The highest BCUT2D eigenvalue weighted by molar-refractivity contribution is 5.78. The van der Waals surface area contributed by atoms with Gasteiger partial charge in [0.25, 0.3) is 0 Å². The van der Waals surface area contributed by atoms with Gasteiger partial charge in [0.15, 0.2) is 0 Å². The molecule has 0 aromatic carbocycles. The summed E-state index contributed by atoms with van der Waals surface area (Å²) in [5.74, 6) is 1.25. The van der Waals surface area contributed by atoms with E-state index in [1.807, 2.05) is 11.0 Å². The van der Waals surface area contributed by atoms with E-state index < -0.39 is 5.60 Å². The van der Waals surface area contributed by atoms with Crippen LogP contribution >= 0.6 is 0 Å². The topological polar surface area (TPSA) is 72.8 Å². The minimum Gasteiger partial charge on any atom is -0.389 e. The van der Waals surface area contributed by atoms with Gasteiger partial charge in [-0.1, -0.05) is 0 Å². The second-order valence-corrected chi connectivity index (χ2v) is 7.58. The van der Waals surface area contributed by atoms with Crippen LogP contribution < -0.4 is 4.90 Å². The maximum Gasteiger partial charge on any atom is 0.225 e. The third kappa shape index (κ3) is 3.48. The predicted octanol–water partition coefficient (Wildman–Crippen LogP) is 0.362. The fourth-order valence-electron chi connectivity index (χ4n) is 4.41. The first kappa shape index (κ1) is 16.7. The zero-order valence-electron chi connectivity index (χ0n) is 14.7. The van der Waals surface area contributed by atoms with Crippen molar-refractivity contribution in [2.24, 2.45) is 5.92 Å². The van der Waals surface area contributed by atoms with Crippen LogP contribution in [-0.2, 0) is 4.79 Å². The molecule has 1 N–H and O–H groups in total. The van der Waals surface area contributed by atoms with Crippen molar-refractivity contribution < 1.29 is 9.90 Å². The number of fused-ring (bicyclic) bond motifs is 1. The molecule has 4 heterocycles. The van der Waals surface area contributed by atoms with Crippen LogP contribution in [0, 0.1) is 5.92 Å². The molecule has 1 aromatic rings. The fraction of sp³-hybridized carbons (Fsp3) is 0.722. The Morgan fingerprint density at radius 1 is 1.12 bits per heavy atom. The summed E-state index contributed by atoms with van der Waals surface area (Å²) >= 11 is 0. The predicted molar refractivity (Wildman–Crippen MR) is 94.2 cm³/mol. The monoisotopic (exact) mass is 345 g/mol. The molecule has 4 rings (SSSR count). The van der Waals surface area contributed by atoms with E-state index in [1.54, 1.807) is 12.4 Å². The molecule has 25 heavy (non-hydrogen) atoms. The van der Waals surface area contributed by atoms with E-state index in [4.69, 9.17) is 0 Å². The summed E-state index contributed by atoms with van der Waals surface area (Å²) in [5, 5.41) is 11.0. The van der Waals surface area contributed by atoms with Crippen molar-refractivity contribution in [3.8, 4) is 0 Å². The lowest BCUT2D eigenvalue weighted by molar-refractivity contribution is -0.128. The summed E-state index contributed by atoms with van der Waals surface area (Å²) in [6, 6.07) is 1.83. The molecular formula is C18H27N5O2. The van der Waals surface area contributed by atoms with Crippen molar-refractivity contribution in [2.75, 3.05) is 50.7 Å². The molecule has 3 aliphatic heterocycles. The minimum atomic E-state index is -0.564. The van der Waals surface area contributed by atoms with Gasteiger partial charge in [0.1, 0.15) is 0 Å². The number of anilines is 1. The zero-order valence-corrected chi connectivity index (χ0v) is 14.7. The number of carbonyl (C=O) groups excluding carboxylic acids is 1. The van der Waals surface area contributed by atoms with E-state index in [-0.39, 0.29) is 5.92 Å². The number of likely N-dealkylation sites (tertiary alicyclic amines) is 2. The van der Waals surface area contributed by atoms with E-state index in [9.17, 15) is 9.90 Å². The largest absolute Gasteiger partial charge is 0.389 e. The van der Waals surface area contributed by atoms with Crippen LogP contribution in [0.25, 0.3) is 0 Å². The van der Waals surface area contributed by atoms with Gasteiger partial charge < -0.3 is 19.8 Å². The molecule has 3 aliphatic rings. The van der Waals surface area contributed by atoms with Gasteiger partial charge in [-0.05, 0) is 25.3 Å². The summed E-state index contributed by atoms with van der Waals surface area (Å²) < 4.78 is 0. The maximum absolute atomic E-state index is 11.8. The Morgan fingerprint density at radius 3 is 2.68 bits per heavy atom. The average Bonchev–Trinajstić information content (AvgIpc) is 3.05. The highest BCUT2D eigenvalue weighted by atomic mass is 16.3. The highest BCUT2D eigenvalue weighted by Crippen LogP contribution is 2.36. The molecule has 0 spiro atoms. The number of hydrogen-bond donors (Lipinski definition) is 1. The summed E-state index contributed by atoms with van der Waals surface area (Å²) in [5.41, 5.74) is -0.564. The minimum absolute atomic E-state index is 0.202. The lowest BCUT2D eigenvalue weighted by atomic mass is 9.76. The van der Waals surface area contributed by atoms with Crippen molar-refractivity contribution in [1.82, 2.24) is 19.8 Å². The lowest BCUT2D eigenvalue weighted by Gasteiger charge is -2.50. The summed E-state index contributed by atoms with van der Waals surface area (Å²) in [4.78, 5) is 27.0. The van der Waals surface area contributed by atoms with Crippen molar-refractivity contribution in [3.63, 3.8) is 0 Å². The van der Waals surface area contributed by atoms with Crippen LogP contribution in [0.5, 0.6) is 0 Å². The number of rotatable bonds is 4. The number of amides is 1. The van der Waals surface area contributed by atoms with Crippen LogP contribution in [0.15, 0.2) is 18.5 Å². The summed E-state index contributed by atoms with van der Waals surface area (Å²) in [7, 11) is 0. The fourth-order valence-corrected chi connectivity index (χ4v) is 4.41. The Hall–Kier alpha value is -1.73. The van der Waals surface area contributed by atoms with E-state index in [0.717, 1.165) is 71.0 Å². The Balaban J connectivity index is 1.36. The average molecular weight is 345 g/mol. The Kier molecular flexibility index (Phi) is 4.60. The van der Waals surface area contributed by atoms with Gasteiger partial charge in [-0.2, -0.15) is 0 Å². The maximum atomic E-state index is 11.8. The van der Waals surface area contributed by atoms with Crippen molar-refractivity contribution in [3.05, 3.63) is 18.5 Å². The van der Waals surface area contributed by atoms with Gasteiger partial charge in [0.2, 0.25) is 11.9 Å². The third-order valence-corrected chi connectivity index (χ3v) is 6.05. The van der Waals surface area contributed by atoms with Crippen molar-refractivity contribution >= 4 is 11.9 Å².